The van der Waals surface area contributed by atoms with Gasteiger partial charge in [-0.2, -0.15) is 10.1 Å². The van der Waals surface area contributed by atoms with E-state index in [4.69, 9.17) is 0 Å². The molecule has 0 radical (unpaired) electrons. The quantitative estimate of drug-likeness (QED) is 0.577. The molecule has 4 rings (SSSR count). The van der Waals surface area contributed by atoms with Gasteiger partial charge in [0.25, 0.3) is 0 Å². The third-order valence-corrected chi connectivity index (χ3v) is 5.23. The van der Waals surface area contributed by atoms with Crippen molar-refractivity contribution in [1.29, 1.82) is 0 Å². The van der Waals surface area contributed by atoms with E-state index in [-0.39, 0.29) is 6.04 Å². The molecule has 2 aromatic carbocycles. The van der Waals surface area contributed by atoms with E-state index >= 15 is 0 Å². The van der Waals surface area contributed by atoms with Crippen molar-refractivity contribution < 1.29 is 0 Å². The molecule has 0 aliphatic carbocycles. The standard InChI is InChI=1S/C20H19IN4/c1-13(2)14-3-5-16(6-4-14)19-11-18(15-7-9-17(21)10-8-15)24-20-22-12-23-25(19)20/h3-13,19H,1-2H3,(H,22,23,24). The van der Waals surface area contributed by atoms with Crippen molar-refractivity contribution in [2.45, 2.75) is 25.8 Å². The van der Waals surface area contributed by atoms with E-state index in [0.29, 0.717) is 5.92 Å². The Bertz CT molecular complexity index is 908. The Labute approximate surface area is 161 Å². The van der Waals surface area contributed by atoms with E-state index in [9.17, 15) is 0 Å². The Kier molecular flexibility index (Phi) is 4.33. The summed E-state index contributed by atoms with van der Waals surface area (Å²) >= 11 is 2.32. The second-order valence-corrected chi connectivity index (χ2v) is 7.75. The second-order valence-electron chi connectivity index (χ2n) is 6.51. The zero-order valence-corrected chi connectivity index (χ0v) is 16.3. The van der Waals surface area contributed by atoms with E-state index in [1.54, 1.807) is 6.33 Å². The molecule has 25 heavy (non-hydrogen) atoms. The van der Waals surface area contributed by atoms with Gasteiger partial charge in [0.15, 0.2) is 0 Å². The molecule has 1 N–H and O–H groups in total. The van der Waals surface area contributed by atoms with Crippen LogP contribution in [0.1, 0.15) is 42.5 Å². The van der Waals surface area contributed by atoms with Crippen LogP contribution in [0.4, 0.5) is 5.95 Å². The minimum Gasteiger partial charge on any atom is -0.324 e. The summed E-state index contributed by atoms with van der Waals surface area (Å²) in [6.45, 7) is 4.42. The molecule has 4 nitrogen and oxygen atoms in total. The molecule has 1 aliphatic rings. The van der Waals surface area contributed by atoms with E-state index in [1.807, 2.05) is 4.68 Å². The van der Waals surface area contributed by atoms with Gasteiger partial charge in [-0.1, -0.05) is 50.2 Å². The third-order valence-electron chi connectivity index (χ3n) is 4.51. The topological polar surface area (TPSA) is 42.7 Å². The Morgan fingerprint density at radius 1 is 1.04 bits per heavy atom. The van der Waals surface area contributed by atoms with Crippen LogP contribution in [-0.4, -0.2) is 14.8 Å². The largest absolute Gasteiger partial charge is 0.324 e. The molecule has 3 aromatic rings. The first-order valence-electron chi connectivity index (χ1n) is 8.36. The van der Waals surface area contributed by atoms with Crippen LogP contribution >= 0.6 is 22.6 Å². The number of halogens is 1. The lowest BCUT2D eigenvalue weighted by Crippen LogP contribution is -2.20. The predicted octanol–water partition coefficient (Wildman–Crippen LogP) is 5.06. The number of rotatable bonds is 3. The summed E-state index contributed by atoms with van der Waals surface area (Å²) in [5, 5.41) is 7.80. The lowest BCUT2D eigenvalue weighted by Gasteiger charge is -2.24. The summed E-state index contributed by atoms with van der Waals surface area (Å²) in [5.74, 6) is 1.30. The van der Waals surface area contributed by atoms with Gasteiger partial charge in [0.2, 0.25) is 5.95 Å². The number of aromatic nitrogens is 3. The van der Waals surface area contributed by atoms with Crippen molar-refractivity contribution in [2.24, 2.45) is 0 Å². The number of hydrogen-bond donors (Lipinski definition) is 1. The van der Waals surface area contributed by atoms with Gasteiger partial charge < -0.3 is 5.32 Å². The van der Waals surface area contributed by atoms with Gasteiger partial charge in [-0.3, -0.25) is 0 Å². The summed E-state index contributed by atoms with van der Waals surface area (Å²) in [4.78, 5) is 4.37. The first-order chi connectivity index (χ1) is 12.1. The summed E-state index contributed by atoms with van der Waals surface area (Å²) in [5.41, 5.74) is 4.77. The molecule has 1 aromatic heterocycles. The van der Waals surface area contributed by atoms with Crippen LogP contribution in [-0.2, 0) is 0 Å². The average Bonchev–Trinajstić information content (AvgIpc) is 3.10. The number of fused-ring (bicyclic) bond motifs is 1. The highest BCUT2D eigenvalue weighted by Crippen LogP contribution is 2.32. The number of benzene rings is 2. The van der Waals surface area contributed by atoms with E-state index in [1.165, 1.54) is 14.7 Å². The number of anilines is 1. The number of hydrogen-bond acceptors (Lipinski definition) is 3. The average molecular weight is 442 g/mol. The monoisotopic (exact) mass is 442 g/mol. The Morgan fingerprint density at radius 2 is 1.76 bits per heavy atom. The molecule has 1 atom stereocenters. The molecule has 1 aliphatic heterocycles. The maximum atomic E-state index is 4.41. The summed E-state index contributed by atoms with van der Waals surface area (Å²) in [6, 6.07) is 17.3. The summed E-state index contributed by atoms with van der Waals surface area (Å²) in [7, 11) is 0. The van der Waals surface area contributed by atoms with Crippen molar-refractivity contribution in [3.63, 3.8) is 0 Å². The zero-order valence-electron chi connectivity index (χ0n) is 14.1. The maximum absolute atomic E-state index is 4.41. The molecule has 1 unspecified atom stereocenters. The maximum Gasteiger partial charge on any atom is 0.226 e. The number of nitrogens with one attached hydrogen (secondary N) is 1. The molecule has 0 amide bonds. The van der Waals surface area contributed by atoms with Crippen molar-refractivity contribution in [3.05, 3.63) is 81.2 Å². The van der Waals surface area contributed by atoms with Crippen molar-refractivity contribution in [2.75, 3.05) is 5.32 Å². The van der Waals surface area contributed by atoms with E-state index < -0.39 is 0 Å². The van der Waals surface area contributed by atoms with Crippen molar-refractivity contribution in [3.8, 4) is 0 Å². The highest BCUT2D eigenvalue weighted by molar-refractivity contribution is 14.1. The van der Waals surface area contributed by atoms with Crippen LogP contribution in [0, 0.1) is 3.57 Å². The van der Waals surface area contributed by atoms with Gasteiger partial charge in [-0.05, 0) is 63.4 Å². The molecule has 0 bridgehead atoms. The molecule has 5 heteroatoms. The van der Waals surface area contributed by atoms with Gasteiger partial charge in [-0.15, -0.1) is 0 Å². The number of nitrogens with zero attached hydrogens (tertiary/aromatic N) is 3. The van der Waals surface area contributed by atoms with E-state index in [0.717, 1.165) is 17.2 Å². The molecule has 0 fully saturated rings. The fourth-order valence-corrected chi connectivity index (χ4v) is 3.41. The van der Waals surface area contributed by atoms with Gasteiger partial charge in [0.05, 0.1) is 0 Å². The fourth-order valence-electron chi connectivity index (χ4n) is 3.05. The summed E-state index contributed by atoms with van der Waals surface area (Å²) < 4.78 is 3.15. The first kappa shape index (κ1) is 16.3. The van der Waals surface area contributed by atoms with Crippen molar-refractivity contribution in [1.82, 2.24) is 14.8 Å². The van der Waals surface area contributed by atoms with Gasteiger partial charge in [-0.25, -0.2) is 4.68 Å². The van der Waals surface area contributed by atoms with Crippen LogP contribution in [0.2, 0.25) is 0 Å². The highest BCUT2D eigenvalue weighted by Gasteiger charge is 2.23. The summed E-state index contributed by atoms with van der Waals surface area (Å²) in [6.07, 6.45) is 3.82. The normalized spacial score (nSPS) is 16.3. The van der Waals surface area contributed by atoms with Gasteiger partial charge >= 0.3 is 0 Å². The minimum atomic E-state index is 0.0363. The fraction of sp³-hybridized carbons (Fsp3) is 0.200. The van der Waals surface area contributed by atoms with Crippen LogP contribution in [0.15, 0.2) is 60.9 Å². The molecule has 0 saturated carbocycles. The third kappa shape index (κ3) is 3.20. The molecule has 0 spiro atoms. The Balaban J connectivity index is 1.75. The molecule has 126 valence electrons. The lowest BCUT2D eigenvalue weighted by molar-refractivity contribution is 0.611. The smallest absolute Gasteiger partial charge is 0.226 e. The first-order valence-corrected chi connectivity index (χ1v) is 9.44. The highest BCUT2D eigenvalue weighted by atomic mass is 127. The van der Waals surface area contributed by atoms with Crippen LogP contribution in [0.25, 0.3) is 5.70 Å². The zero-order chi connectivity index (χ0) is 17.4. The van der Waals surface area contributed by atoms with Gasteiger partial charge in [0.1, 0.15) is 12.4 Å². The molecular formula is C20H19IN4. The van der Waals surface area contributed by atoms with Crippen molar-refractivity contribution >= 4 is 34.2 Å². The molecular weight excluding hydrogens is 423 g/mol. The van der Waals surface area contributed by atoms with E-state index in [2.05, 4.69) is 106 Å². The Hall–Kier alpha value is -2.15. The van der Waals surface area contributed by atoms with Crippen LogP contribution in [0.3, 0.4) is 0 Å². The Morgan fingerprint density at radius 3 is 2.44 bits per heavy atom. The number of allylic oxidation sites excluding steroid dienone is 1. The minimum absolute atomic E-state index is 0.0363. The van der Waals surface area contributed by atoms with Gasteiger partial charge in [0, 0.05) is 9.27 Å². The SMILES string of the molecule is CC(C)c1ccc(C2C=C(c3ccc(I)cc3)Nc3ncnn32)cc1. The predicted molar refractivity (Wildman–Crippen MR) is 109 cm³/mol. The lowest BCUT2D eigenvalue weighted by atomic mass is 9.97. The molecule has 0 saturated heterocycles. The van der Waals surface area contributed by atoms with Crippen LogP contribution < -0.4 is 5.32 Å². The van der Waals surface area contributed by atoms with Crippen LogP contribution in [0.5, 0.6) is 0 Å². The second kappa shape index (κ2) is 6.63. The molecule has 2 heterocycles.